The van der Waals surface area contributed by atoms with Gasteiger partial charge < -0.3 is 20.6 Å². The van der Waals surface area contributed by atoms with Crippen molar-refractivity contribution in [3.05, 3.63) is 29.6 Å². The molecule has 0 spiro atoms. The van der Waals surface area contributed by atoms with Gasteiger partial charge in [0, 0.05) is 19.7 Å². The van der Waals surface area contributed by atoms with Gasteiger partial charge in [0.1, 0.15) is 5.82 Å². The average Bonchev–Trinajstić information content (AvgIpc) is 2.96. The number of amidine groups is 1. The number of halogens is 1. The first-order chi connectivity index (χ1) is 9.67. The van der Waals surface area contributed by atoms with Crippen LogP contribution in [0.15, 0.2) is 23.4 Å². The second-order valence-electron chi connectivity index (χ2n) is 4.79. The van der Waals surface area contributed by atoms with E-state index in [0.29, 0.717) is 18.8 Å². The molecule has 1 aromatic carbocycles. The van der Waals surface area contributed by atoms with Gasteiger partial charge in [0.05, 0.1) is 17.4 Å². The zero-order chi connectivity index (χ0) is 14.5. The zero-order valence-electron chi connectivity index (χ0n) is 11.6. The molecule has 6 heteroatoms. The molecule has 1 unspecified atom stereocenters. The van der Waals surface area contributed by atoms with Gasteiger partial charge in [-0.15, -0.1) is 0 Å². The Hall–Kier alpha value is -1.82. The van der Waals surface area contributed by atoms with Crippen molar-refractivity contribution in [3.63, 3.8) is 0 Å². The fourth-order valence-corrected chi connectivity index (χ4v) is 2.51. The Morgan fingerprint density at radius 1 is 1.60 bits per heavy atom. The number of rotatable bonds is 5. The third-order valence-corrected chi connectivity index (χ3v) is 3.53. The lowest BCUT2D eigenvalue weighted by atomic mass is 10.1. The van der Waals surface area contributed by atoms with Crippen LogP contribution in [0.4, 0.5) is 10.1 Å². The summed E-state index contributed by atoms with van der Waals surface area (Å²) in [5.74, 6) is -0.715. The van der Waals surface area contributed by atoms with Crippen molar-refractivity contribution in [2.45, 2.75) is 25.9 Å². The van der Waals surface area contributed by atoms with Gasteiger partial charge in [-0.25, -0.2) is 4.39 Å². The third-order valence-electron chi connectivity index (χ3n) is 3.53. The molecule has 110 valence electrons. The van der Waals surface area contributed by atoms with Crippen LogP contribution < -0.4 is 10.6 Å². The van der Waals surface area contributed by atoms with Gasteiger partial charge in [-0.1, -0.05) is 11.2 Å². The molecule has 0 aliphatic carbocycles. The van der Waals surface area contributed by atoms with E-state index < -0.39 is 5.82 Å². The van der Waals surface area contributed by atoms with E-state index in [1.807, 2.05) is 11.8 Å². The fraction of sp³-hybridized carbons (Fsp3) is 0.500. The number of hydrogen-bond acceptors (Lipinski definition) is 4. The number of ether oxygens (including phenoxy) is 1. The molecule has 1 aliphatic rings. The largest absolute Gasteiger partial charge is 0.409 e. The lowest BCUT2D eigenvalue weighted by molar-refractivity contribution is 0.115. The predicted octanol–water partition coefficient (Wildman–Crippen LogP) is 1.93. The van der Waals surface area contributed by atoms with E-state index in [0.717, 1.165) is 19.4 Å². The predicted molar refractivity (Wildman–Crippen MR) is 75.8 cm³/mol. The zero-order valence-corrected chi connectivity index (χ0v) is 11.6. The quantitative estimate of drug-likeness (QED) is 0.374. The van der Waals surface area contributed by atoms with Gasteiger partial charge in [-0.05, 0) is 31.9 Å². The molecule has 0 aromatic heterocycles. The Morgan fingerprint density at radius 3 is 3.00 bits per heavy atom. The molecule has 1 aromatic rings. The summed E-state index contributed by atoms with van der Waals surface area (Å²) in [6.07, 6.45) is 2.21. The van der Waals surface area contributed by atoms with Gasteiger partial charge in [0.15, 0.2) is 5.84 Å². The second kappa shape index (κ2) is 6.56. The minimum atomic E-state index is -0.497. The van der Waals surface area contributed by atoms with Crippen LogP contribution in [0, 0.1) is 5.82 Å². The van der Waals surface area contributed by atoms with Crippen LogP contribution in [0.25, 0.3) is 0 Å². The van der Waals surface area contributed by atoms with Gasteiger partial charge in [-0.2, -0.15) is 0 Å². The van der Waals surface area contributed by atoms with Crippen molar-refractivity contribution >= 4 is 11.5 Å². The molecule has 20 heavy (non-hydrogen) atoms. The number of oxime groups is 1. The van der Waals surface area contributed by atoms with Crippen LogP contribution in [0.3, 0.4) is 0 Å². The first kappa shape index (κ1) is 14.6. The molecule has 0 bridgehead atoms. The topological polar surface area (TPSA) is 71.1 Å². The average molecular weight is 281 g/mol. The van der Waals surface area contributed by atoms with Crippen LogP contribution in [0.2, 0.25) is 0 Å². The molecule has 2 rings (SSSR count). The third kappa shape index (κ3) is 3.01. The number of nitrogens with zero attached hydrogens (tertiary/aromatic N) is 2. The Labute approximate surface area is 117 Å². The highest BCUT2D eigenvalue weighted by Gasteiger charge is 2.22. The summed E-state index contributed by atoms with van der Waals surface area (Å²) in [5.41, 5.74) is 6.36. The van der Waals surface area contributed by atoms with E-state index >= 15 is 0 Å². The lowest BCUT2D eigenvalue weighted by Gasteiger charge is -2.28. The molecule has 3 N–H and O–H groups in total. The first-order valence-corrected chi connectivity index (χ1v) is 6.80. The van der Waals surface area contributed by atoms with Gasteiger partial charge in [0.25, 0.3) is 0 Å². The van der Waals surface area contributed by atoms with Crippen molar-refractivity contribution in [1.82, 2.24) is 0 Å². The van der Waals surface area contributed by atoms with E-state index in [9.17, 15) is 4.39 Å². The summed E-state index contributed by atoms with van der Waals surface area (Å²) in [7, 11) is 0. The highest BCUT2D eigenvalue weighted by molar-refractivity contribution is 6.02. The molecule has 1 fully saturated rings. The Kier molecular flexibility index (Phi) is 4.79. The molecule has 0 saturated carbocycles. The van der Waals surface area contributed by atoms with Crippen molar-refractivity contribution < 1.29 is 14.3 Å². The summed E-state index contributed by atoms with van der Waals surface area (Å²) in [6, 6.07) is 4.70. The molecule has 1 saturated heterocycles. The van der Waals surface area contributed by atoms with E-state index in [-0.39, 0.29) is 17.5 Å². The normalized spacial score (nSPS) is 19.3. The molecule has 0 amide bonds. The summed E-state index contributed by atoms with van der Waals surface area (Å²) in [4.78, 5) is 1.99. The molecule has 1 atom stereocenters. The number of benzene rings is 1. The van der Waals surface area contributed by atoms with Gasteiger partial charge in [-0.3, -0.25) is 0 Å². The minimum absolute atomic E-state index is 0.134. The molecule has 5 nitrogen and oxygen atoms in total. The molecule has 1 heterocycles. The SMILES string of the molecule is CCN(CC1CCCO1)c1cccc(F)c1C(N)=NO. The maximum Gasteiger partial charge on any atom is 0.175 e. The molecular weight excluding hydrogens is 261 g/mol. The summed E-state index contributed by atoms with van der Waals surface area (Å²) in [6.45, 7) is 4.12. The Balaban J connectivity index is 2.30. The van der Waals surface area contributed by atoms with Crippen molar-refractivity contribution in [3.8, 4) is 0 Å². The maximum atomic E-state index is 14.0. The van der Waals surface area contributed by atoms with Crippen molar-refractivity contribution in [2.75, 3.05) is 24.6 Å². The van der Waals surface area contributed by atoms with Gasteiger partial charge >= 0.3 is 0 Å². The van der Waals surface area contributed by atoms with Crippen molar-refractivity contribution in [2.24, 2.45) is 10.9 Å². The standard InChI is InChI=1S/C14H20FN3O2/c1-2-18(9-10-5-4-8-20-10)12-7-3-6-11(15)13(12)14(16)17-19/h3,6-7,10,19H,2,4-5,8-9H2,1H3,(H2,16,17). The number of hydrogen-bond donors (Lipinski definition) is 2. The van der Waals surface area contributed by atoms with Crippen LogP contribution in [-0.2, 0) is 4.74 Å². The highest BCUT2D eigenvalue weighted by atomic mass is 19.1. The Morgan fingerprint density at radius 2 is 2.40 bits per heavy atom. The van der Waals surface area contributed by atoms with Crippen LogP contribution >= 0.6 is 0 Å². The van der Waals surface area contributed by atoms with E-state index in [2.05, 4.69) is 5.16 Å². The summed E-state index contributed by atoms with van der Waals surface area (Å²) < 4.78 is 19.6. The first-order valence-electron chi connectivity index (χ1n) is 6.80. The fourth-order valence-electron chi connectivity index (χ4n) is 2.51. The molecule has 0 radical (unpaired) electrons. The van der Waals surface area contributed by atoms with E-state index in [4.69, 9.17) is 15.7 Å². The van der Waals surface area contributed by atoms with E-state index in [1.54, 1.807) is 12.1 Å². The number of likely N-dealkylation sites (N-methyl/N-ethyl adjacent to an activating group) is 1. The smallest absolute Gasteiger partial charge is 0.175 e. The Bertz CT molecular complexity index is 487. The number of anilines is 1. The molecular formula is C14H20FN3O2. The summed E-state index contributed by atoms with van der Waals surface area (Å²) in [5, 5.41) is 11.8. The lowest BCUT2D eigenvalue weighted by Crippen LogP contribution is -2.34. The number of nitrogens with two attached hydrogens (primary N) is 1. The van der Waals surface area contributed by atoms with Gasteiger partial charge in [0.2, 0.25) is 0 Å². The maximum absolute atomic E-state index is 14.0. The second-order valence-corrected chi connectivity index (χ2v) is 4.79. The van der Waals surface area contributed by atoms with Crippen LogP contribution in [0.5, 0.6) is 0 Å². The highest BCUT2D eigenvalue weighted by Crippen LogP contribution is 2.25. The summed E-state index contributed by atoms with van der Waals surface area (Å²) >= 11 is 0. The van der Waals surface area contributed by atoms with Crippen molar-refractivity contribution in [1.29, 1.82) is 0 Å². The van der Waals surface area contributed by atoms with Crippen LogP contribution in [0.1, 0.15) is 25.3 Å². The molecule has 1 aliphatic heterocycles. The van der Waals surface area contributed by atoms with Crippen LogP contribution in [-0.4, -0.2) is 36.8 Å². The minimum Gasteiger partial charge on any atom is -0.409 e. The van der Waals surface area contributed by atoms with E-state index in [1.165, 1.54) is 6.07 Å². The monoisotopic (exact) mass is 281 g/mol.